The van der Waals surface area contributed by atoms with Crippen LogP contribution in [0.5, 0.6) is 0 Å². The highest BCUT2D eigenvalue weighted by molar-refractivity contribution is 6.30. The molecule has 2 aromatic heterocycles. The van der Waals surface area contributed by atoms with Gasteiger partial charge in [-0.25, -0.2) is 4.79 Å². The largest absolute Gasteiger partial charge is 0.327 e. The van der Waals surface area contributed by atoms with Crippen LogP contribution in [0, 0.1) is 0 Å². The Morgan fingerprint density at radius 2 is 1.64 bits per heavy atom. The molecule has 3 heterocycles. The molecule has 0 radical (unpaired) electrons. The minimum atomic E-state index is -0.569. The maximum atomic E-state index is 12.7. The molecule has 4 N–H and O–H groups in total. The number of H-pyrrole nitrogens is 3. The zero-order valence-electron chi connectivity index (χ0n) is 14.4. The molecule has 4 aromatic rings. The van der Waals surface area contributed by atoms with Crippen molar-refractivity contribution in [2.75, 3.05) is 5.32 Å². The number of aromatic nitrogens is 4. The van der Waals surface area contributed by atoms with Crippen LogP contribution in [0.1, 0.15) is 22.6 Å². The molecule has 8 heteroatoms. The summed E-state index contributed by atoms with van der Waals surface area (Å²) in [5, 5.41) is 11.2. The van der Waals surface area contributed by atoms with E-state index >= 15 is 0 Å². The summed E-state index contributed by atoms with van der Waals surface area (Å²) in [4.78, 5) is 29.5. The van der Waals surface area contributed by atoms with Gasteiger partial charge in [0.05, 0.1) is 11.3 Å². The molecule has 0 aliphatic carbocycles. The van der Waals surface area contributed by atoms with E-state index in [1.165, 1.54) is 0 Å². The first kappa shape index (κ1) is 16.6. The van der Waals surface area contributed by atoms with E-state index < -0.39 is 17.2 Å². The predicted octanol–water partition coefficient (Wildman–Crippen LogP) is 3.34. The highest BCUT2D eigenvalue weighted by Crippen LogP contribution is 2.45. The lowest BCUT2D eigenvalue weighted by molar-refractivity contribution is 0.888. The Hall–Kier alpha value is -3.58. The average molecular weight is 392 g/mol. The number of nitrogens with zero attached hydrogens (tertiary/aromatic N) is 1. The van der Waals surface area contributed by atoms with Gasteiger partial charge >= 0.3 is 5.69 Å². The number of hydrogen-bond acceptors (Lipinski definition) is 4. The van der Waals surface area contributed by atoms with E-state index in [1.54, 1.807) is 12.1 Å². The third kappa shape index (κ3) is 2.56. The van der Waals surface area contributed by atoms with E-state index in [1.807, 2.05) is 42.5 Å². The second-order valence-corrected chi connectivity index (χ2v) is 6.97. The fourth-order valence-electron chi connectivity index (χ4n) is 3.68. The number of anilines is 2. The van der Waals surface area contributed by atoms with Crippen LogP contribution in [0.15, 0.2) is 64.2 Å². The third-order valence-corrected chi connectivity index (χ3v) is 5.12. The van der Waals surface area contributed by atoms with Gasteiger partial charge in [0.25, 0.3) is 5.56 Å². The Labute approximate surface area is 163 Å². The van der Waals surface area contributed by atoms with Crippen LogP contribution in [-0.2, 0) is 0 Å². The van der Waals surface area contributed by atoms with Crippen molar-refractivity contribution < 1.29 is 0 Å². The fourth-order valence-corrected chi connectivity index (χ4v) is 3.80. The van der Waals surface area contributed by atoms with E-state index in [0.717, 1.165) is 22.4 Å². The summed E-state index contributed by atoms with van der Waals surface area (Å²) in [5.41, 5.74) is 2.86. The zero-order valence-corrected chi connectivity index (χ0v) is 15.2. The summed E-state index contributed by atoms with van der Waals surface area (Å²) in [5.74, 6) is 0.509. The van der Waals surface area contributed by atoms with Gasteiger partial charge in [-0.2, -0.15) is 5.10 Å². The molecule has 28 heavy (non-hydrogen) atoms. The van der Waals surface area contributed by atoms with Gasteiger partial charge in [-0.1, -0.05) is 54.1 Å². The van der Waals surface area contributed by atoms with Gasteiger partial charge in [0.2, 0.25) is 0 Å². The quantitative estimate of drug-likeness (QED) is 0.370. The smallest absolute Gasteiger partial charge is 0.324 e. The van der Waals surface area contributed by atoms with E-state index in [0.29, 0.717) is 22.2 Å². The molecular weight excluding hydrogens is 378 g/mol. The summed E-state index contributed by atoms with van der Waals surface area (Å²) < 4.78 is 0. The molecule has 0 fully saturated rings. The van der Waals surface area contributed by atoms with Gasteiger partial charge in [0.1, 0.15) is 5.82 Å². The Kier molecular flexibility index (Phi) is 3.70. The minimum absolute atomic E-state index is 0.351. The highest BCUT2D eigenvalue weighted by Gasteiger charge is 2.35. The van der Waals surface area contributed by atoms with Gasteiger partial charge in [-0.05, 0) is 17.7 Å². The Balaban J connectivity index is 1.80. The van der Waals surface area contributed by atoms with Gasteiger partial charge in [-0.3, -0.25) is 19.9 Å². The maximum absolute atomic E-state index is 12.7. The van der Waals surface area contributed by atoms with Crippen LogP contribution in [0.25, 0.3) is 11.3 Å². The van der Waals surface area contributed by atoms with Crippen molar-refractivity contribution in [1.82, 2.24) is 20.2 Å². The Bertz CT molecular complexity index is 1290. The first-order chi connectivity index (χ1) is 13.6. The number of hydrogen-bond donors (Lipinski definition) is 4. The number of halogens is 1. The summed E-state index contributed by atoms with van der Waals surface area (Å²) in [6.45, 7) is 0. The topological polar surface area (TPSA) is 106 Å². The standard InChI is InChI=1S/C20H14ClN5O2/c21-12-8-6-11(7-9-12)16-14-13(10-4-2-1-3-5-10)15-17(22-18(14)26-25-16)23-20(28)24-19(15)27/h1-9,13H,(H4,22,23,24,25,26,27,28)/t13-/m0/s1. The second kappa shape index (κ2) is 6.24. The summed E-state index contributed by atoms with van der Waals surface area (Å²) >= 11 is 6.03. The summed E-state index contributed by atoms with van der Waals surface area (Å²) in [6.07, 6.45) is 0. The number of aromatic amines is 3. The molecule has 0 bridgehead atoms. The first-order valence-corrected chi connectivity index (χ1v) is 9.02. The van der Waals surface area contributed by atoms with Crippen LogP contribution in [0.3, 0.4) is 0 Å². The van der Waals surface area contributed by atoms with Crippen molar-refractivity contribution in [2.45, 2.75) is 5.92 Å². The third-order valence-electron chi connectivity index (χ3n) is 4.87. The molecular formula is C20H14ClN5O2. The van der Waals surface area contributed by atoms with Crippen molar-refractivity contribution in [1.29, 1.82) is 0 Å². The number of nitrogens with one attached hydrogen (secondary N) is 4. The fraction of sp³-hybridized carbons (Fsp3) is 0.0500. The normalized spacial score (nSPS) is 14.8. The molecule has 7 nitrogen and oxygen atoms in total. The van der Waals surface area contributed by atoms with Crippen LogP contribution in [-0.4, -0.2) is 20.2 Å². The van der Waals surface area contributed by atoms with E-state index in [2.05, 4.69) is 25.5 Å². The molecule has 0 saturated heterocycles. The van der Waals surface area contributed by atoms with Crippen molar-refractivity contribution in [2.24, 2.45) is 0 Å². The predicted molar refractivity (Wildman–Crippen MR) is 107 cm³/mol. The van der Waals surface area contributed by atoms with Gasteiger partial charge in [0, 0.05) is 22.1 Å². The zero-order chi connectivity index (χ0) is 19.3. The molecule has 2 aromatic carbocycles. The molecule has 138 valence electrons. The summed E-state index contributed by atoms with van der Waals surface area (Å²) in [7, 11) is 0. The molecule has 0 amide bonds. The van der Waals surface area contributed by atoms with Crippen LogP contribution >= 0.6 is 11.6 Å². The number of fused-ring (bicyclic) bond motifs is 2. The molecule has 1 aliphatic rings. The van der Waals surface area contributed by atoms with Crippen LogP contribution < -0.4 is 16.6 Å². The molecule has 0 spiro atoms. The van der Waals surface area contributed by atoms with Crippen molar-refractivity contribution in [3.63, 3.8) is 0 Å². The van der Waals surface area contributed by atoms with E-state index in [4.69, 9.17) is 11.6 Å². The lowest BCUT2D eigenvalue weighted by Gasteiger charge is -2.26. The SMILES string of the molecule is O=c1[nH]c2c(c(=O)[nH]1)[C@@H](c1ccccc1)c1c(n[nH]c1-c1ccc(Cl)cc1)N2. The second-order valence-electron chi connectivity index (χ2n) is 6.53. The molecule has 5 rings (SSSR count). The van der Waals surface area contributed by atoms with Gasteiger partial charge in [0.15, 0.2) is 5.82 Å². The van der Waals surface area contributed by atoms with Crippen molar-refractivity contribution in [3.8, 4) is 11.3 Å². The molecule has 1 atom stereocenters. The van der Waals surface area contributed by atoms with Gasteiger partial charge in [-0.15, -0.1) is 0 Å². The average Bonchev–Trinajstić information content (AvgIpc) is 3.11. The van der Waals surface area contributed by atoms with E-state index in [9.17, 15) is 9.59 Å². The van der Waals surface area contributed by atoms with Crippen molar-refractivity contribution in [3.05, 3.63) is 97.1 Å². The van der Waals surface area contributed by atoms with Crippen molar-refractivity contribution >= 4 is 23.2 Å². The number of rotatable bonds is 2. The lowest BCUT2D eigenvalue weighted by atomic mass is 9.82. The first-order valence-electron chi connectivity index (χ1n) is 8.64. The van der Waals surface area contributed by atoms with E-state index in [-0.39, 0.29) is 0 Å². The summed E-state index contributed by atoms with van der Waals surface area (Å²) in [6, 6.07) is 17.0. The molecule has 0 unspecified atom stereocenters. The maximum Gasteiger partial charge on any atom is 0.327 e. The monoisotopic (exact) mass is 391 g/mol. The molecule has 1 aliphatic heterocycles. The van der Waals surface area contributed by atoms with Gasteiger partial charge < -0.3 is 5.32 Å². The number of benzene rings is 2. The minimum Gasteiger partial charge on any atom is -0.324 e. The van der Waals surface area contributed by atoms with Crippen LogP contribution in [0.4, 0.5) is 11.6 Å². The Morgan fingerprint density at radius 1 is 0.893 bits per heavy atom. The lowest BCUT2D eigenvalue weighted by Crippen LogP contribution is -2.31. The molecule has 0 saturated carbocycles. The Morgan fingerprint density at radius 3 is 2.39 bits per heavy atom. The van der Waals surface area contributed by atoms with Crippen LogP contribution in [0.2, 0.25) is 5.02 Å². The highest BCUT2D eigenvalue weighted by atomic mass is 35.5.